The normalized spacial score (nSPS) is 32.0. The topological polar surface area (TPSA) is 51.4 Å². The molecule has 1 aliphatic carbocycles. The molecule has 6 rings (SSSR count). The van der Waals surface area contributed by atoms with Gasteiger partial charge in [0.1, 0.15) is 5.75 Å². The molecule has 1 aromatic heterocycles. The van der Waals surface area contributed by atoms with Crippen LogP contribution < -0.4 is 10.5 Å². The molecule has 7 atom stereocenters. The fourth-order valence-electron chi connectivity index (χ4n) is 7.22. The molecule has 4 fully saturated rings. The number of methoxy groups -OCH3 is 1. The summed E-state index contributed by atoms with van der Waals surface area (Å²) in [6.07, 6.45) is 12.9. The first kappa shape index (κ1) is 24.1. The Labute approximate surface area is 210 Å². The van der Waals surface area contributed by atoms with Crippen LogP contribution in [-0.4, -0.2) is 47.0 Å². The van der Waals surface area contributed by atoms with Crippen molar-refractivity contribution in [1.82, 2.24) is 9.88 Å². The Morgan fingerprint density at radius 2 is 2.06 bits per heavy atom. The van der Waals surface area contributed by atoms with Gasteiger partial charge in [0.2, 0.25) is 0 Å². The molecule has 3 saturated heterocycles. The smallest absolute Gasteiger partial charge is 0.119 e. The highest BCUT2D eigenvalue weighted by Crippen LogP contribution is 2.45. The largest absolute Gasteiger partial charge is 0.497 e. The Morgan fingerprint density at radius 3 is 2.79 bits per heavy atom. The minimum absolute atomic E-state index is 0.316. The summed E-state index contributed by atoms with van der Waals surface area (Å²) in [5, 5.41) is 1.22. The van der Waals surface area contributed by atoms with Gasteiger partial charge in [-0.1, -0.05) is 38.4 Å². The van der Waals surface area contributed by atoms with Gasteiger partial charge in [-0.25, -0.2) is 0 Å². The van der Waals surface area contributed by atoms with Crippen LogP contribution in [0.2, 0.25) is 0 Å². The summed E-state index contributed by atoms with van der Waals surface area (Å²) in [5.41, 5.74) is 8.95. The number of nitrogens with two attached hydrogens (primary N) is 1. The summed E-state index contributed by atoms with van der Waals surface area (Å²) in [7, 11) is 1.74. The lowest BCUT2D eigenvalue weighted by molar-refractivity contribution is -0.0104. The van der Waals surface area contributed by atoms with Gasteiger partial charge in [0.15, 0.2) is 0 Å². The highest BCUT2D eigenvalue weighted by molar-refractivity contribution is 7.80. The number of aromatic nitrogens is 1. The lowest BCUT2D eigenvalue weighted by Crippen LogP contribution is -2.55. The molecule has 2 aromatic rings. The third kappa shape index (κ3) is 4.89. The van der Waals surface area contributed by atoms with Crippen molar-refractivity contribution in [2.45, 2.75) is 82.7 Å². The molecule has 0 amide bonds. The number of ether oxygens (including phenoxy) is 1. The number of thiocarbonyl (C=S) groups is 1. The number of hydrogen-bond donors (Lipinski definition) is 1. The maximum absolute atomic E-state index is 6.51. The van der Waals surface area contributed by atoms with E-state index in [1.165, 1.54) is 67.4 Å². The van der Waals surface area contributed by atoms with Crippen LogP contribution in [0.3, 0.4) is 0 Å². The summed E-state index contributed by atoms with van der Waals surface area (Å²) in [4.78, 5) is 8.69. The second kappa shape index (κ2) is 10.6. The molecule has 4 heterocycles. The van der Waals surface area contributed by atoms with E-state index in [2.05, 4.69) is 35.0 Å². The van der Waals surface area contributed by atoms with Crippen LogP contribution in [0.15, 0.2) is 30.5 Å². The third-order valence-electron chi connectivity index (χ3n) is 9.21. The first-order valence-corrected chi connectivity index (χ1v) is 13.9. The number of nitrogens with zero attached hydrogens (tertiary/aromatic N) is 2. The van der Waals surface area contributed by atoms with Gasteiger partial charge in [0, 0.05) is 36.1 Å². The van der Waals surface area contributed by atoms with Crippen molar-refractivity contribution in [2.75, 3.05) is 20.2 Å². The van der Waals surface area contributed by atoms with E-state index in [4.69, 9.17) is 22.7 Å². The molecule has 2 N–H and O–H groups in total. The second-order valence-corrected chi connectivity index (χ2v) is 11.6. The zero-order chi connectivity index (χ0) is 23.7. The SMILES string of the molecule is CCC1CN2CCC1C[C@@H]2[C@H](CC(=S)C[C@@H]1CCCC[C@H]1N)c1ccnc2ccc(OC)cc12. The van der Waals surface area contributed by atoms with Crippen LogP contribution in [0.25, 0.3) is 10.9 Å². The van der Waals surface area contributed by atoms with Gasteiger partial charge in [0.25, 0.3) is 0 Å². The van der Waals surface area contributed by atoms with E-state index in [9.17, 15) is 0 Å². The zero-order valence-corrected chi connectivity index (χ0v) is 21.7. The predicted octanol–water partition coefficient (Wildman–Crippen LogP) is 6.12. The Morgan fingerprint density at radius 1 is 1.21 bits per heavy atom. The number of piperidine rings is 3. The van der Waals surface area contributed by atoms with Crippen LogP contribution in [0, 0.1) is 17.8 Å². The van der Waals surface area contributed by atoms with Crippen molar-refractivity contribution in [3.05, 3.63) is 36.0 Å². The van der Waals surface area contributed by atoms with Gasteiger partial charge in [-0.3, -0.25) is 9.88 Å². The van der Waals surface area contributed by atoms with Crippen molar-refractivity contribution in [1.29, 1.82) is 0 Å². The molecule has 0 radical (unpaired) electrons. The van der Waals surface area contributed by atoms with Crippen LogP contribution in [-0.2, 0) is 0 Å². The van der Waals surface area contributed by atoms with Crippen molar-refractivity contribution in [3.8, 4) is 5.75 Å². The Balaban J connectivity index is 1.47. The quantitative estimate of drug-likeness (QED) is 0.463. The van der Waals surface area contributed by atoms with Crippen molar-refractivity contribution in [2.24, 2.45) is 23.5 Å². The first-order valence-electron chi connectivity index (χ1n) is 13.5. The Kier molecular flexibility index (Phi) is 7.52. The molecule has 5 heteroatoms. The molecule has 4 aliphatic rings. The van der Waals surface area contributed by atoms with E-state index in [-0.39, 0.29) is 0 Å². The van der Waals surface area contributed by atoms with Gasteiger partial charge >= 0.3 is 0 Å². The fourth-order valence-corrected chi connectivity index (χ4v) is 7.62. The number of benzene rings is 1. The van der Waals surface area contributed by atoms with Crippen LogP contribution in [0.5, 0.6) is 5.75 Å². The van der Waals surface area contributed by atoms with Gasteiger partial charge in [-0.15, -0.1) is 0 Å². The van der Waals surface area contributed by atoms with Gasteiger partial charge in [-0.2, -0.15) is 0 Å². The van der Waals surface area contributed by atoms with Gasteiger partial charge < -0.3 is 10.5 Å². The van der Waals surface area contributed by atoms with Crippen LogP contribution in [0.1, 0.15) is 76.2 Å². The maximum Gasteiger partial charge on any atom is 0.119 e. The Bertz CT molecular complexity index is 1010. The van der Waals surface area contributed by atoms with E-state index in [1.807, 2.05) is 12.3 Å². The summed E-state index contributed by atoms with van der Waals surface area (Å²) < 4.78 is 5.60. The Hall–Kier alpha value is -1.56. The lowest BCUT2D eigenvalue weighted by Gasteiger charge is -2.52. The number of pyridine rings is 1. The molecule has 1 saturated carbocycles. The van der Waals surface area contributed by atoms with E-state index in [0.717, 1.165) is 42.4 Å². The van der Waals surface area contributed by atoms with E-state index < -0.39 is 0 Å². The van der Waals surface area contributed by atoms with Gasteiger partial charge in [-0.05, 0) is 97.5 Å². The molecular weight excluding hydrogens is 438 g/mol. The summed E-state index contributed by atoms with van der Waals surface area (Å²) in [6, 6.07) is 9.40. The van der Waals surface area contributed by atoms with Crippen molar-refractivity contribution in [3.63, 3.8) is 0 Å². The molecule has 2 bridgehead atoms. The number of hydrogen-bond acceptors (Lipinski definition) is 5. The number of fused-ring (bicyclic) bond motifs is 4. The summed E-state index contributed by atoms with van der Waals surface area (Å²) in [5.74, 6) is 3.56. The molecule has 3 unspecified atom stereocenters. The minimum Gasteiger partial charge on any atom is -0.497 e. The second-order valence-electron chi connectivity index (χ2n) is 11.1. The molecule has 184 valence electrons. The summed E-state index contributed by atoms with van der Waals surface area (Å²) >= 11 is 6.12. The average Bonchev–Trinajstić information content (AvgIpc) is 2.88. The maximum atomic E-state index is 6.51. The standard InChI is InChI=1S/C29H41N3OS/c1-3-19-18-32-13-11-20(19)15-29(32)26(17-23(34)14-21-6-4-5-7-27(21)30)24-10-12-31-28-9-8-22(33-2)16-25(24)28/h8-10,12,16,19-21,26-27,29H,3-7,11,13-15,17-18,30H2,1-2H3/t19?,20?,21-,26+,27+,29+/m0/s1. The third-order valence-corrected chi connectivity index (χ3v) is 9.55. The molecule has 4 nitrogen and oxygen atoms in total. The number of rotatable bonds is 8. The molecular formula is C29H41N3OS. The average molecular weight is 480 g/mol. The fraction of sp³-hybridized carbons (Fsp3) is 0.655. The minimum atomic E-state index is 0.316. The predicted molar refractivity (Wildman–Crippen MR) is 145 cm³/mol. The monoisotopic (exact) mass is 479 g/mol. The van der Waals surface area contributed by atoms with E-state index in [0.29, 0.717) is 23.9 Å². The lowest BCUT2D eigenvalue weighted by atomic mass is 9.69. The molecule has 34 heavy (non-hydrogen) atoms. The summed E-state index contributed by atoms with van der Waals surface area (Å²) in [6.45, 7) is 4.84. The first-order chi connectivity index (χ1) is 16.6. The van der Waals surface area contributed by atoms with Crippen molar-refractivity contribution < 1.29 is 4.74 Å². The highest BCUT2D eigenvalue weighted by atomic mass is 32.1. The van der Waals surface area contributed by atoms with Gasteiger partial charge in [0.05, 0.1) is 12.6 Å². The molecule has 1 aromatic carbocycles. The van der Waals surface area contributed by atoms with E-state index >= 15 is 0 Å². The highest BCUT2D eigenvalue weighted by Gasteiger charge is 2.43. The zero-order valence-electron chi connectivity index (χ0n) is 20.9. The molecule has 0 spiro atoms. The van der Waals surface area contributed by atoms with Crippen LogP contribution in [0.4, 0.5) is 0 Å². The van der Waals surface area contributed by atoms with Crippen LogP contribution >= 0.6 is 12.2 Å². The van der Waals surface area contributed by atoms with E-state index in [1.54, 1.807) is 7.11 Å². The van der Waals surface area contributed by atoms with Crippen molar-refractivity contribution >= 4 is 28.0 Å². The molecule has 3 aliphatic heterocycles.